The van der Waals surface area contributed by atoms with E-state index >= 15 is 0 Å². The summed E-state index contributed by atoms with van der Waals surface area (Å²) in [6.07, 6.45) is 5.17. The second-order valence-electron chi connectivity index (χ2n) is 4.34. The van der Waals surface area contributed by atoms with Crippen molar-refractivity contribution in [2.24, 2.45) is 0 Å². The highest BCUT2D eigenvalue weighted by atomic mass is 14.8. The first-order valence-corrected chi connectivity index (χ1v) is 5.95. The molecule has 0 saturated heterocycles. The fourth-order valence-corrected chi connectivity index (χ4v) is 1.86. The van der Waals surface area contributed by atoms with Crippen molar-refractivity contribution in [1.29, 1.82) is 0 Å². The van der Waals surface area contributed by atoms with Crippen molar-refractivity contribution in [1.82, 2.24) is 5.32 Å². The van der Waals surface area contributed by atoms with E-state index in [9.17, 15) is 0 Å². The average molecular weight is 205 g/mol. The van der Waals surface area contributed by atoms with Crippen LogP contribution >= 0.6 is 0 Å². The van der Waals surface area contributed by atoms with Crippen LogP contribution in [0.25, 0.3) is 0 Å². The van der Waals surface area contributed by atoms with Gasteiger partial charge in [0.15, 0.2) is 0 Å². The molecule has 1 aromatic rings. The normalized spacial score (nSPS) is 10.6. The maximum Gasteiger partial charge on any atom is -0.00519 e. The zero-order valence-corrected chi connectivity index (χ0v) is 10.3. The Morgan fingerprint density at radius 1 is 1.07 bits per heavy atom. The van der Waals surface area contributed by atoms with Crippen LogP contribution in [0, 0.1) is 13.8 Å². The Morgan fingerprint density at radius 3 is 2.60 bits per heavy atom. The smallest absolute Gasteiger partial charge is 0.00519 e. The predicted molar refractivity (Wildman–Crippen MR) is 67.4 cm³/mol. The number of hydrogen-bond acceptors (Lipinski definition) is 1. The fraction of sp³-hybridized carbons (Fsp3) is 0.571. The van der Waals surface area contributed by atoms with Crippen LogP contribution < -0.4 is 5.32 Å². The van der Waals surface area contributed by atoms with Crippen LogP contribution in [-0.4, -0.2) is 13.6 Å². The zero-order valence-electron chi connectivity index (χ0n) is 10.3. The number of nitrogens with one attached hydrogen (secondary N) is 1. The second kappa shape index (κ2) is 6.62. The molecule has 0 saturated carbocycles. The third kappa shape index (κ3) is 4.48. The molecule has 1 N–H and O–H groups in total. The summed E-state index contributed by atoms with van der Waals surface area (Å²) in [5.74, 6) is 0. The van der Waals surface area contributed by atoms with Crippen molar-refractivity contribution in [3.05, 3.63) is 34.9 Å². The number of aryl methyl sites for hydroxylation is 3. The summed E-state index contributed by atoms with van der Waals surface area (Å²) in [5, 5.41) is 3.19. The number of rotatable bonds is 6. The SMILES string of the molecule is CNCCCCCc1cc(C)ccc1C. The molecular weight excluding hydrogens is 182 g/mol. The summed E-state index contributed by atoms with van der Waals surface area (Å²) in [7, 11) is 2.02. The lowest BCUT2D eigenvalue weighted by molar-refractivity contribution is 0.641. The van der Waals surface area contributed by atoms with E-state index in [1.165, 1.54) is 42.4 Å². The molecule has 1 aromatic carbocycles. The molecule has 0 heterocycles. The van der Waals surface area contributed by atoms with Crippen LogP contribution in [0.1, 0.15) is 36.0 Å². The van der Waals surface area contributed by atoms with Gasteiger partial charge >= 0.3 is 0 Å². The van der Waals surface area contributed by atoms with Crippen molar-refractivity contribution in [2.45, 2.75) is 39.5 Å². The Hall–Kier alpha value is -0.820. The van der Waals surface area contributed by atoms with Gasteiger partial charge < -0.3 is 5.32 Å². The molecule has 1 rings (SSSR count). The zero-order chi connectivity index (χ0) is 11.1. The van der Waals surface area contributed by atoms with Gasteiger partial charge in [-0.05, 0) is 57.8 Å². The molecule has 0 radical (unpaired) electrons. The van der Waals surface area contributed by atoms with Crippen molar-refractivity contribution in [3.63, 3.8) is 0 Å². The molecule has 0 bridgehead atoms. The van der Waals surface area contributed by atoms with Gasteiger partial charge in [-0.2, -0.15) is 0 Å². The minimum absolute atomic E-state index is 1.15. The minimum atomic E-state index is 1.15. The Balaban J connectivity index is 2.33. The highest BCUT2D eigenvalue weighted by molar-refractivity contribution is 5.30. The first-order valence-electron chi connectivity index (χ1n) is 5.95. The van der Waals surface area contributed by atoms with Crippen LogP contribution in [0.4, 0.5) is 0 Å². The summed E-state index contributed by atoms with van der Waals surface area (Å²) < 4.78 is 0. The topological polar surface area (TPSA) is 12.0 Å². The average Bonchev–Trinajstić information content (AvgIpc) is 2.23. The summed E-state index contributed by atoms with van der Waals surface area (Å²) in [6.45, 7) is 5.53. The summed E-state index contributed by atoms with van der Waals surface area (Å²) in [6, 6.07) is 6.76. The van der Waals surface area contributed by atoms with E-state index in [1.807, 2.05) is 7.05 Å². The van der Waals surface area contributed by atoms with Crippen LogP contribution in [0.15, 0.2) is 18.2 Å². The summed E-state index contributed by atoms with van der Waals surface area (Å²) in [5.41, 5.74) is 4.35. The molecule has 0 unspecified atom stereocenters. The number of hydrogen-bond donors (Lipinski definition) is 1. The van der Waals surface area contributed by atoms with Crippen molar-refractivity contribution >= 4 is 0 Å². The quantitative estimate of drug-likeness (QED) is 0.703. The molecule has 0 aliphatic carbocycles. The van der Waals surface area contributed by atoms with Gasteiger partial charge in [0.2, 0.25) is 0 Å². The van der Waals surface area contributed by atoms with Crippen LogP contribution in [0.3, 0.4) is 0 Å². The molecule has 0 aliphatic rings. The molecule has 0 amide bonds. The van der Waals surface area contributed by atoms with Gasteiger partial charge in [-0.3, -0.25) is 0 Å². The predicted octanol–water partition coefficient (Wildman–Crippen LogP) is 3.24. The minimum Gasteiger partial charge on any atom is -0.320 e. The lowest BCUT2D eigenvalue weighted by atomic mass is 10.00. The standard InChI is InChI=1S/C14H23N/c1-12-8-9-13(2)14(11-12)7-5-4-6-10-15-3/h8-9,11,15H,4-7,10H2,1-3H3. The largest absolute Gasteiger partial charge is 0.320 e. The molecule has 0 spiro atoms. The lowest BCUT2D eigenvalue weighted by Gasteiger charge is -2.06. The van der Waals surface area contributed by atoms with Crippen LogP contribution in [0.2, 0.25) is 0 Å². The van der Waals surface area contributed by atoms with Crippen LogP contribution in [-0.2, 0) is 6.42 Å². The molecule has 0 fully saturated rings. The fourth-order valence-electron chi connectivity index (χ4n) is 1.86. The lowest BCUT2D eigenvalue weighted by Crippen LogP contribution is -2.07. The Bertz CT molecular complexity index is 291. The second-order valence-corrected chi connectivity index (χ2v) is 4.34. The monoisotopic (exact) mass is 205 g/mol. The maximum absolute atomic E-state index is 3.19. The summed E-state index contributed by atoms with van der Waals surface area (Å²) >= 11 is 0. The highest BCUT2D eigenvalue weighted by Gasteiger charge is 1.98. The number of benzene rings is 1. The van der Waals surface area contributed by atoms with Gasteiger partial charge in [0.25, 0.3) is 0 Å². The first kappa shape index (κ1) is 12.3. The maximum atomic E-state index is 3.19. The van der Waals surface area contributed by atoms with E-state index in [-0.39, 0.29) is 0 Å². The van der Waals surface area contributed by atoms with Gasteiger partial charge in [0.1, 0.15) is 0 Å². The molecule has 0 aromatic heterocycles. The van der Waals surface area contributed by atoms with Gasteiger partial charge in [-0.25, -0.2) is 0 Å². The van der Waals surface area contributed by atoms with Crippen molar-refractivity contribution in [2.75, 3.05) is 13.6 Å². The molecular formula is C14H23N. The molecule has 0 aliphatic heterocycles. The molecule has 15 heavy (non-hydrogen) atoms. The van der Waals surface area contributed by atoms with E-state index in [4.69, 9.17) is 0 Å². The third-order valence-corrected chi connectivity index (χ3v) is 2.88. The summed E-state index contributed by atoms with van der Waals surface area (Å²) in [4.78, 5) is 0. The van der Waals surface area contributed by atoms with E-state index in [1.54, 1.807) is 0 Å². The molecule has 84 valence electrons. The van der Waals surface area contributed by atoms with Crippen molar-refractivity contribution in [3.8, 4) is 0 Å². The van der Waals surface area contributed by atoms with Gasteiger partial charge in [-0.15, -0.1) is 0 Å². The number of unbranched alkanes of at least 4 members (excludes halogenated alkanes) is 2. The van der Waals surface area contributed by atoms with Gasteiger partial charge in [0.05, 0.1) is 0 Å². The van der Waals surface area contributed by atoms with Crippen LogP contribution in [0.5, 0.6) is 0 Å². The Kier molecular flexibility index (Phi) is 5.41. The Labute approximate surface area is 93.9 Å². The van der Waals surface area contributed by atoms with Gasteiger partial charge in [0, 0.05) is 0 Å². The first-order chi connectivity index (χ1) is 7.24. The van der Waals surface area contributed by atoms with E-state index in [2.05, 4.69) is 37.4 Å². The molecule has 0 atom stereocenters. The molecule has 1 heteroatoms. The van der Waals surface area contributed by atoms with E-state index < -0.39 is 0 Å². The van der Waals surface area contributed by atoms with Crippen molar-refractivity contribution < 1.29 is 0 Å². The van der Waals surface area contributed by atoms with Gasteiger partial charge in [-0.1, -0.05) is 30.2 Å². The van der Waals surface area contributed by atoms with E-state index in [0.29, 0.717) is 0 Å². The third-order valence-electron chi connectivity index (χ3n) is 2.88. The van der Waals surface area contributed by atoms with E-state index in [0.717, 1.165) is 6.54 Å². The molecule has 1 nitrogen and oxygen atoms in total. The highest BCUT2D eigenvalue weighted by Crippen LogP contribution is 2.13. The Morgan fingerprint density at radius 2 is 1.87 bits per heavy atom.